The van der Waals surface area contributed by atoms with E-state index in [0.29, 0.717) is 26.3 Å². The predicted molar refractivity (Wildman–Crippen MR) is 157 cm³/mol. The number of fused-ring (bicyclic) bond motifs is 1. The Morgan fingerprint density at radius 1 is 0.850 bits per heavy atom. The highest BCUT2D eigenvalue weighted by Crippen LogP contribution is 2.35. The van der Waals surface area contributed by atoms with Crippen molar-refractivity contribution in [2.45, 2.75) is 60.0 Å². The number of hydrogen-bond acceptors (Lipinski definition) is 7. The van der Waals surface area contributed by atoms with Gasteiger partial charge in [-0.15, -0.1) is 0 Å². The van der Waals surface area contributed by atoms with Gasteiger partial charge in [0.05, 0.1) is 39.3 Å². The molecule has 0 unspecified atom stereocenters. The molecule has 5 rings (SSSR count). The molecule has 0 atom stereocenters. The summed E-state index contributed by atoms with van der Waals surface area (Å²) in [7, 11) is 3.37. The number of aromatic nitrogens is 3. The van der Waals surface area contributed by atoms with Crippen LogP contribution in [-0.2, 0) is 29.1 Å². The second kappa shape index (κ2) is 11.1. The van der Waals surface area contributed by atoms with Crippen LogP contribution in [0.2, 0.25) is 0 Å². The molecule has 0 bridgehead atoms. The van der Waals surface area contributed by atoms with E-state index < -0.39 is 5.79 Å². The highest BCUT2D eigenvalue weighted by atomic mass is 16.7. The van der Waals surface area contributed by atoms with Crippen molar-refractivity contribution in [2.24, 2.45) is 5.41 Å². The fourth-order valence-electron chi connectivity index (χ4n) is 5.14. The fourth-order valence-corrected chi connectivity index (χ4v) is 5.14. The second-order valence-electron chi connectivity index (χ2n) is 11.6. The van der Waals surface area contributed by atoms with Crippen LogP contribution < -0.4 is 14.4 Å². The van der Waals surface area contributed by atoms with Gasteiger partial charge < -0.3 is 28.4 Å². The van der Waals surface area contributed by atoms with Crippen LogP contribution in [0.1, 0.15) is 43.2 Å². The summed E-state index contributed by atoms with van der Waals surface area (Å²) in [5, 5.41) is 0. The van der Waals surface area contributed by atoms with Gasteiger partial charge in [0.1, 0.15) is 17.0 Å². The molecule has 8 nitrogen and oxygen atoms in total. The molecule has 0 radical (unpaired) electrons. The van der Waals surface area contributed by atoms with E-state index in [-0.39, 0.29) is 5.41 Å². The van der Waals surface area contributed by atoms with Crippen LogP contribution in [-0.4, -0.2) is 47.8 Å². The third-order valence-corrected chi connectivity index (χ3v) is 7.67. The summed E-state index contributed by atoms with van der Waals surface area (Å²) < 4.78 is 25.1. The predicted octanol–water partition coefficient (Wildman–Crippen LogP) is 6.06. The van der Waals surface area contributed by atoms with Gasteiger partial charge >= 0.3 is 0 Å². The normalized spacial score (nSPS) is 16.2. The molecule has 0 saturated carbocycles. The minimum absolute atomic E-state index is 0.168. The Hall–Kier alpha value is -3.62. The number of anilines is 1. The maximum atomic E-state index is 6.03. The Bertz CT molecular complexity index is 1400. The number of hydrogen-bond donors (Lipinski definition) is 0. The smallest absolute Gasteiger partial charge is 0.162 e. The van der Waals surface area contributed by atoms with E-state index in [1.165, 1.54) is 0 Å². The molecule has 1 saturated heterocycles. The van der Waals surface area contributed by atoms with E-state index in [1.807, 2.05) is 44.4 Å². The van der Waals surface area contributed by atoms with Crippen LogP contribution >= 0.6 is 0 Å². The Morgan fingerprint density at radius 2 is 1.38 bits per heavy atom. The highest BCUT2D eigenvalue weighted by Gasteiger charge is 2.37. The quantitative estimate of drug-likeness (QED) is 0.254. The van der Waals surface area contributed by atoms with Gasteiger partial charge in [-0.25, -0.2) is 9.97 Å². The van der Waals surface area contributed by atoms with Crippen molar-refractivity contribution in [2.75, 3.05) is 32.3 Å². The number of rotatable bonds is 9. The van der Waals surface area contributed by atoms with Crippen LogP contribution in [0.25, 0.3) is 11.0 Å². The lowest BCUT2D eigenvalue weighted by molar-refractivity contribution is -0.284. The zero-order chi connectivity index (χ0) is 28.5. The third-order valence-electron chi connectivity index (χ3n) is 7.67. The summed E-state index contributed by atoms with van der Waals surface area (Å²) in [5.41, 5.74) is 6.27. The van der Waals surface area contributed by atoms with Crippen molar-refractivity contribution in [1.82, 2.24) is 14.5 Å². The van der Waals surface area contributed by atoms with Crippen molar-refractivity contribution >= 4 is 16.9 Å². The van der Waals surface area contributed by atoms with E-state index in [2.05, 4.69) is 54.5 Å². The fraction of sp³-hybridized carbons (Fsp3) is 0.438. The van der Waals surface area contributed by atoms with Crippen LogP contribution in [0.3, 0.4) is 0 Å². The van der Waals surface area contributed by atoms with Crippen molar-refractivity contribution in [3.05, 3.63) is 77.2 Å². The molecule has 1 aliphatic heterocycles. The second-order valence-corrected chi connectivity index (χ2v) is 11.6. The lowest BCUT2D eigenvalue weighted by Crippen LogP contribution is -2.46. The van der Waals surface area contributed by atoms with Gasteiger partial charge in [0.15, 0.2) is 11.6 Å². The average molecular weight is 545 g/mol. The molecule has 0 amide bonds. The highest BCUT2D eigenvalue weighted by molar-refractivity contribution is 5.89. The molecule has 1 fully saturated rings. The summed E-state index contributed by atoms with van der Waals surface area (Å²) in [6.07, 6.45) is 1.94. The number of ether oxygens (including phenoxy) is 4. The lowest BCUT2D eigenvalue weighted by atomic mass is 9.91. The topological polar surface area (TPSA) is 70.9 Å². The molecule has 2 aromatic heterocycles. The van der Waals surface area contributed by atoms with E-state index in [9.17, 15) is 0 Å². The zero-order valence-corrected chi connectivity index (χ0v) is 24.7. The van der Waals surface area contributed by atoms with E-state index in [4.69, 9.17) is 28.9 Å². The number of imidazole rings is 1. The van der Waals surface area contributed by atoms with E-state index in [0.717, 1.165) is 57.3 Å². The molecule has 3 heterocycles. The van der Waals surface area contributed by atoms with Gasteiger partial charge in [0.25, 0.3) is 0 Å². The lowest BCUT2D eigenvalue weighted by Gasteiger charge is -2.41. The van der Waals surface area contributed by atoms with Crippen molar-refractivity contribution in [1.29, 1.82) is 0 Å². The van der Waals surface area contributed by atoms with Gasteiger partial charge in [-0.2, -0.15) is 0 Å². The number of aryl methyl sites for hydroxylation is 2. The maximum absolute atomic E-state index is 6.03. The molecule has 4 aromatic rings. The largest absolute Gasteiger partial charge is 0.497 e. The van der Waals surface area contributed by atoms with Crippen LogP contribution in [0.5, 0.6) is 11.5 Å². The number of benzene rings is 2. The molecule has 212 valence electrons. The monoisotopic (exact) mass is 544 g/mol. The first-order chi connectivity index (χ1) is 19.1. The minimum atomic E-state index is -0.552. The molecule has 40 heavy (non-hydrogen) atoms. The Balaban J connectivity index is 1.53. The Morgan fingerprint density at radius 3 is 1.88 bits per heavy atom. The number of methoxy groups -OCH3 is 2. The summed E-state index contributed by atoms with van der Waals surface area (Å²) >= 11 is 0. The first-order valence-electron chi connectivity index (χ1n) is 13.7. The number of nitrogens with zero attached hydrogens (tertiary/aromatic N) is 4. The summed E-state index contributed by atoms with van der Waals surface area (Å²) in [5.74, 6) is 1.99. The standard InChI is InChI=1S/C32H40N4O4/c1-22-23(2)34-30(28-29(22)36(21-33-28)18-32(5)19-39-31(3,4)40-20-32)35(16-24-8-12-26(37-6)13-9-24)17-25-10-14-27(38-7)15-11-25/h8-15,21H,16-20H2,1-7H3. The van der Waals surface area contributed by atoms with Gasteiger partial charge in [-0.05, 0) is 68.7 Å². The van der Waals surface area contributed by atoms with Crippen LogP contribution in [0.4, 0.5) is 5.82 Å². The number of pyridine rings is 1. The molecular formula is C32H40N4O4. The summed E-state index contributed by atoms with van der Waals surface area (Å²) in [4.78, 5) is 12.3. The van der Waals surface area contributed by atoms with Crippen molar-refractivity contribution in [3.63, 3.8) is 0 Å². The van der Waals surface area contributed by atoms with Crippen molar-refractivity contribution in [3.8, 4) is 11.5 Å². The van der Waals surface area contributed by atoms with E-state index in [1.54, 1.807) is 14.2 Å². The van der Waals surface area contributed by atoms with Crippen molar-refractivity contribution < 1.29 is 18.9 Å². The Kier molecular flexibility index (Phi) is 7.75. The average Bonchev–Trinajstić information content (AvgIpc) is 3.36. The maximum Gasteiger partial charge on any atom is 0.162 e. The third kappa shape index (κ3) is 5.93. The molecule has 0 N–H and O–H groups in total. The minimum Gasteiger partial charge on any atom is -0.497 e. The first-order valence-corrected chi connectivity index (χ1v) is 13.7. The molecule has 8 heteroatoms. The zero-order valence-electron chi connectivity index (χ0n) is 24.7. The molecular weight excluding hydrogens is 504 g/mol. The van der Waals surface area contributed by atoms with Gasteiger partial charge in [-0.3, -0.25) is 0 Å². The summed E-state index contributed by atoms with van der Waals surface area (Å²) in [6.45, 7) is 13.7. The SMILES string of the molecule is COc1ccc(CN(Cc2ccc(OC)cc2)c2nc(C)c(C)c3c2ncn3CC2(C)COC(C)(C)OC2)cc1. The van der Waals surface area contributed by atoms with Gasteiger partial charge in [0, 0.05) is 30.7 Å². The van der Waals surface area contributed by atoms with Crippen LogP contribution in [0, 0.1) is 19.3 Å². The molecule has 1 aliphatic rings. The first kappa shape index (κ1) is 27.9. The molecule has 0 spiro atoms. The van der Waals surface area contributed by atoms with Crippen LogP contribution in [0.15, 0.2) is 54.9 Å². The Labute approximate surface area is 236 Å². The molecule has 2 aromatic carbocycles. The van der Waals surface area contributed by atoms with E-state index >= 15 is 0 Å². The molecule has 0 aliphatic carbocycles. The summed E-state index contributed by atoms with van der Waals surface area (Å²) in [6, 6.07) is 16.4. The van der Waals surface area contributed by atoms with Gasteiger partial charge in [-0.1, -0.05) is 31.2 Å². The van der Waals surface area contributed by atoms with Gasteiger partial charge in [0.2, 0.25) is 0 Å².